The van der Waals surface area contributed by atoms with Crippen LogP contribution in [-0.4, -0.2) is 19.9 Å². The molecule has 0 fully saturated rings. The van der Waals surface area contributed by atoms with Crippen molar-refractivity contribution in [3.8, 4) is 90.5 Å². The standard InChI is InChI=1S/C100H70Br8N4O8/c101-69-29-13-61(14-30-69)53-113-85-5-1-6-86(114-54-62-15-31-70(102)32-16-62)97(85)93-77-45-47-79(109-77)94(98-87(115-55-63-17-33-71(103)34-18-63)7-2-8-88(98)116-56-64-19-35-72(104)36-20-64)81-49-51-83(111-81)96(100-91(119-59-67-25-41-75(107)42-26-67)11-4-12-92(100)120-60-68-27-43-76(108)44-28-68)84-52-50-82(112-84)95(80-48-46-78(93)110-80)99-89(117-57-65-21-37-73(105)38-22-65)9-3-10-90(99)118-58-66-23-39-74(106)40-24-66/h1-52,109,112H,53-60H2. The largest absolute Gasteiger partial charge is 0.488 e. The maximum atomic E-state index is 7.18. The molecule has 5 heterocycles. The van der Waals surface area contributed by atoms with E-state index in [4.69, 9.17) is 47.9 Å². The molecule has 0 aliphatic carbocycles. The number of halogens is 8. The molecular weight excluding hydrogens is 2020 g/mol. The quantitative estimate of drug-likeness (QED) is 0.0489. The molecule has 0 amide bonds. The highest BCUT2D eigenvalue weighted by Crippen LogP contribution is 2.51. The molecule has 0 unspecified atom stereocenters. The lowest BCUT2D eigenvalue weighted by Gasteiger charge is -2.19. The Morgan fingerprint density at radius 1 is 0.175 bits per heavy atom. The van der Waals surface area contributed by atoms with E-state index in [1.165, 1.54) is 0 Å². The summed E-state index contributed by atoms with van der Waals surface area (Å²) >= 11 is 29.3. The summed E-state index contributed by atoms with van der Waals surface area (Å²) in [5, 5.41) is 0. The predicted octanol–water partition coefficient (Wildman–Crippen LogP) is 30.1. The van der Waals surface area contributed by atoms with Crippen LogP contribution in [-0.2, 0) is 52.9 Å². The number of aromatic amines is 2. The minimum atomic E-state index is 0.217. The van der Waals surface area contributed by atoms with Gasteiger partial charge in [0.1, 0.15) is 98.9 Å². The van der Waals surface area contributed by atoms with E-state index in [1.54, 1.807) is 0 Å². The van der Waals surface area contributed by atoms with Gasteiger partial charge in [0, 0.05) is 80.1 Å². The van der Waals surface area contributed by atoms with Crippen LogP contribution in [0.25, 0.3) is 90.9 Å². The van der Waals surface area contributed by atoms with E-state index in [9.17, 15) is 0 Å². The first-order valence-electron chi connectivity index (χ1n) is 38.4. The number of hydrogen-bond acceptors (Lipinski definition) is 10. The van der Waals surface area contributed by atoms with Gasteiger partial charge in [0.15, 0.2) is 0 Å². The van der Waals surface area contributed by atoms with Gasteiger partial charge in [0.05, 0.1) is 45.0 Å². The van der Waals surface area contributed by atoms with E-state index < -0.39 is 0 Å². The van der Waals surface area contributed by atoms with E-state index in [0.717, 1.165) is 80.3 Å². The highest BCUT2D eigenvalue weighted by atomic mass is 79.9. The number of nitrogens with one attached hydrogen (secondary N) is 2. The fraction of sp³-hybridized carbons (Fsp3) is 0.0800. The molecule has 0 radical (unpaired) electrons. The number of H-pyrrole nitrogens is 2. The van der Waals surface area contributed by atoms with Gasteiger partial charge in [0.25, 0.3) is 0 Å². The number of hydrogen-bond donors (Lipinski definition) is 2. The molecule has 2 aliphatic rings. The number of aromatic nitrogens is 4. The summed E-state index contributed by atoms with van der Waals surface area (Å²) in [5.74, 6) is 4.30. The molecule has 15 aromatic rings. The van der Waals surface area contributed by atoms with Crippen LogP contribution in [0.15, 0.2) is 327 Å². The van der Waals surface area contributed by atoms with Gasteiger partial charge in [-0.3, -0.25) is 0 Å². The molecule has 594 valence electrons. The van der Waals surface area contributed by atoms with Gasteiger partial charge in [-0.2, -0.15) is 0 Å². The summed E-state index contributed by atoms with van der Waals surface area (Å²) in [4.78, 5) is 20.1. The van der Waals surface area contributed by atoms with Crippen LogP contribution in [0.4, 0.5) is 0 Å². The lowest BCUT2D eigenvalue weighted by atomic mass is 10.0. The molecule has 3 aromatic heterocycles. The molecule has 120 heavy (non-hydrogen) atoms. The lowest BCUT2D eigenvalue weighted by Crippen LogP contribution is -2.03. The van der Waals surface area contributed by atoms with Crippen LogP contribution in [0.2, 0.25) is 0 Å². The van der Waals surface area contributed by atoms with Gasteiger partial charge in [-0.1, -0.05) is 249 Å². The molecule has 2 aliphatic heterocycles. The smallest absolute Gasteiger partial charge is 0.131 e. The molecule has 0 saturated carbocycles. The van der Waals surface area contributed by atoms with Crippen molar-refractivity contribution in [2.24, 2.45) is 0 Å². The van der Waals surface area contributed by atoms with Crippen molar-refractivity contribution in [1.29, 1.82) is 0 Å². The van der Waals surface area contributed by atoms with Gasteiger partial charge in [0.2, 0.25) is 0 Å². The number of benzene rings is 12. The Balaban J connectivity index is 1.00. The third kappa shape index (κ3) is 19.6. The summed E-state index contributed by atoms with van der Waals surface area (Å²) in [7, 11) is 0. The Kier molecular flexibility index (Phi) is 25.9. The SMILES string of the molecule is Brc1ccc(COc2cccc(OCc3ccc(Br)cc3)c2-c2c3nc(c(-c4c(OCc5ccc(Br)cc5)cccc4OCc4ccc(Br)cc4)c4ccc([nH]4)c(-c4c(OCc5ccc(Br)cc5)cccc4OCc4ccc(Br)cc4)c4nc(c(-c5c(OCc6ccc(Br)cc6)cccc5OCc5ccc(Br)cc5)c5ccc2[nH]5)C=C4)C=C3)cc1. The van der Waals surface area contributed by atoms with Gasteiger partial charge >= 0.3 is 0 Å². The van der Waals surface area contributed by atoms with Crippen molar-refractivity contribution in [2.75, 3.05) is 0 Å². The van der Waals surface area contributed by atoms with E-state index in [2.05, 4.69) is 283 Å². The molecule has 0 saturated heterocycles. The van der Waals surface area contributed by atoms with E-state index >= 15 is 0 Å². The van der Waals surface area contributed by atoms with Crippen LogP contribution >= 0.6 is 127 Å². The van der Waals surface area contributed by atoms with Crippen molar-refractivity contribution >= 4 is 174 Å². The molecule has 0 atom stereocenters. The predicted molar refractivity (Wildman–Crippen MR) is 508 cm³/mol. The zero-order valence-electron chi connectivity index (χ0n) is 63.9. The van der Waals surface area contributed by atoms with Crippen LogP contribution in [0.3, 0.4) is 0 Å². The summed E-state index contributed by atoms with van der Waals surface area (Å²) in [6, 6.07) is 97.2. The molecular formula is C100H70Br8N4O8. The molecule has 20 heteroatoms. The van der Waals surface area contributed by atoms with Crippen molar-refractivity contribution in [1.82, 2.24) is 19.9 Å². The average molecular weight is 2090 g/mol. The Bertz CT molecular complexity index is 5440. The molecule has 0 spiro atoms. The second-order valence-electron chi connectivity index (χ2n) is 28.3. The second-order valence-corrected chi connectivity index (χ2v) is 35.7. The Labute approximate surface area is 761 Å². The molecule has 8 bridgehead atoms. The van der Waals surface area contributed by atoms with Crippen LogP contribution in [0.1, 0.15) is 67.3 Å². The van der Waals surface area contributed by atoms with Crippen LogP contribution in [0.5, 0.6) is 46.0 Å². The maximum absolute atomic E-state index is 7.18. The second kappa shape index (κ2) is 38.0. The maximum Gasteiger partial charge on any atom is 0.131 e. The van der Waals surface area contributed by atoms with Gasteiger partial charge in [-0.05, 0) is 239 Å². The topological polar surface area (TPSA) is 131 Å². The molecule has 12 nitrogen and oxygen atoms in total. The number of fused-ring (bicyclic) bond motifs is 8. The summed E-state index contributed by atoms with van der Waals surface area (Å²) < 4.78 is 65.0. The minimum absolute atomic E-state index is 0.217. The Morgan fingerprint density at radius 3 is 0.458 bits per heavy atom. The van der Waals surface area contributed by atoms with Crippen molar-refractivity contribution in [3.63, 3.8) is 0 Å². The normalized spacial score (nSPS) is 11.5. The summed E-state index contributed by atoms with van der Waals surface area (Å²) in [6.45, 7) is 1.74. The van der Waals surface area contributed by atoms with Gasteiger partial charge in [-0.25, -0.2) is 9.97 Å². The average Bonchev–Trinajstić information content (AvgIpc) is 1.59. The van der Waals surface area contributed by atoms with Crippen molar-refractivity contribution < 1.29 is 37.9 Å². The lowest BCUT2D eigenvalue weighted by molar-refractivity contribution is 0.292. The van der Waals surface area contributed by atoms with Crippen LogP contribution < -0.4 is 37.9 Å². The fourth-order valence-corrected chi connectivity index (χ4v) is 16.3. The van der Waals surface area contributed by atoms with Crippen molar-refractivity contribution in [3.05, 3.63) is 394 Å². The molecule has 17 rings (SSSR count). The number of ether oxygens (including phenoxy) is 8. The van der Waals surface area contributed by atoms with E-state index in [-0.39, 0.29) is 52.9 Å². The highest BCUT2D eigenvalue weighted by Gasteiger charge is 2.29. The minimum Gasteiger partial charge on any atom is -0.488 e. The number of nitrogens with zero attached hydrogens (tertiary/aromatic N) is 2. The van der Waals surface area contributed by atoms with Gasteiger partial charge < -0.3 is 47.9 Å². The summed E-state index contributed by atoms with van der Waals surface area (Å²) in [5.41, 5.74) is 17.7. The highest BCUT2D eigenvalue weighted by molar-refractivity contribution is 9.11. The fourth-order valence-electron chi connectivity index (χ4n) is 14.2. The van der Waals surface area contributed by atoms with E-state index in [0.29, 0.717) is 135 Å². The van der Waals surface area contributed by atoms with Gasteiger partial charge in [-0.15, -0.1) is 0 Å². The third-order valence-corrected chi connectivity index (χ3v) is 24.4. The molecule has 12 aromatic carbocycles. The molecule has 2 N–H and O–H groups in total. The zero-order valence-corrected chi connectivity index (χ0v) is 76.6. The zero-order chi connectivity index (χ0) is 82.0. The van der Waals surface area contributed by atoms with Crippen molar-refractivity contribution in [2.45, 2.75) is 52.9 Å². The first-order valence-corrected chi connectivity index (χ1v) is 44.7. The first-order chi connectivity index (χ1) is 58.7. The summed E-state index contributed by atoms with van der Waals surface area (Å²) in [6.07, 6.45) is 8.24. The first kappa shape index (κ1) is 81.8. The van der Waals surface area contributed by atoms with E-state index in [1.807, 2.05) is 170 Å². The Hall–Kier alpha value is -10.5. The Morgan fingerprint density at radius 2 is 0.317 bits per heavy atom. The van der Waals surface area contributed by atoms with Crippen LogP contribution in [0, 0.1) is 0 Å². The number of rotatable bonds is 28. The monoisotopic (exact) mass is 2090 g/mol. The third-order valence-electron chi connectivity index (χ3n) is 20.2.